The van der Waals surface area contributed by atoms with Gasteiger partial charge in [-0.05, 0) is 243 Å². The first-order valence-corrected chi connectivity index (χ1v) is 39.6. The smallest absolute Gasteiger partial charge is 0.479 e. The van der Waals surface area contributed by atoms with Crippen molar-refractivity contribution in [3.63, 3.8) is 0 Å². The van der Waals surface area contributed by atoms with Gasteiger partial charge in [-0.25, -0.2) is 14.4 Å². The highest BCUT2D eigenvalue weighted by Crippen LogP contribution is 2.40. The number of nitrogens with zero attached hydrogens (tertiary/aromatic N) is 7. The van der Waals surface area contributed by atoms with Crippen LogP contribution in [0.2, 0.25) is 15.1 Å². The van der Waals surface area contributed by atoms with E-state index >= 15 is 0 Å². The van der Waals surface area contributed by atoms with Crippen molar-refractivity contribution in [3.8, 4) is 22.3 Å². The largest absolute Gasteiger partial charge is 0.494 e. The van der Waals surface area contributed by atoms with Gasteiger partial charge in [-0.3, -0.25) is 19.2 Å². The molecule has 0 atom stereocenters. The summed E-state index contributed by atoms with van der Waals surface area (Å²) in [6, 6.07) is 41.2. The summed E-state index contributed by atoms with van der Waals surface area (Å²) < 4.78 is 25.8. The summed E-state index contributed by atoms with van der Waals surface area (Å²) in [5.41, 5.74) is 5.76. The standard InChI is InChI=1S/C26H28ClN3O3.C24H26ClN3O3.C16H20BrClN2O3.C14H18BNO2.C4H6O3/c1-17(2)30-10-7-19-15-18(4-6-23(19)30)21-5-3-20(16-22(21)27)24(31)28-11-13-29(14-12-28)25(32)26(33)8-9-26;1-24(2,3)31-23(30)28-12-10-27(11-13-28)22(29)18-4-6-19(20(25)15-18)16-5-7-21-17(14-16)8-9-26-21;1-16(2,3)23-15(22)20-8-6-19(7-9-20)14(21)11-4-5-12(17)13(18)10-11;1-13(2)14(3,4)18-15(17-13)11-5-6-12-10(9-11)7-8-16-12;5-3(6)4(7)1-2-4/h3-7,10,15-17,33H,8-9,11-14H2,1-2H3;4-9,14-15,26H,10-13H2,1-3H3;4-5,10H,6-9H2,1-3H3;5-9,16H,1-4H3;7H,1-2H2,(H,5,6). The molecule has 6 amide bonds. The predicted molar refractivity (Wildman–Crippen MR) is 441 cm³/mol. The molecule has 594 valence electrons. The number of carboxylic acid groups (broad SMARTS) is 1. The Hall–Kier alpha value is -8.92. The number of amides is 6. The van der Waals surface area contributed by atoms with Gasteiger partial charge in [0, 0.05) is 167 Å². The van der Waals surface area contributed by atoms with Gasteiger partial charge in [-0.15, -0.1) is 0 Å². The number of aromatic nitrogens is 3. The van der Waals surface area contributed by atoms with Gasteiger partial charge < -0.3 is 78.0 Å². The second kappa shape index (κ2) is 34.0. The monoisotopic (exact) mass is 1650 g/mol. The lowest BCUT2D eigenvalue weighted by atomic mass is 9.79. The fourth-order valence-corrected chi connectivity index (χ4v) is 14.1. The number of nitrogens with one attached hydrogen (secondary N) is 2. The molecule has 9 aromatic rings. The Morgan fingerprint density at radius 3 is 1.28 bits per heavy atom. The van der Waals surface area contributed by atoms with Gasteiger partial charge in [0.05, 0.1) is 16.2 Å². The van der Waals surface area contributed by atoms with Crippen LogP contribution in [0.3, 0.4) is 0 Å². The number of hydrogen-bond donors (Lipinski definition) is 5. The number of aromatic amines is 2. The topological polar surface area (TPSA) is 273 Å². The number of halogens is 4. The van der Waals surface area contributed by atoms with Crippen LogP contribution in [-0.4, -0.2) is 220 Å². The highest BCUT2D eigenvalue weighted by molar-refractivity contribution is 9.10. The number of ether oxygens (including phenoxy) is 2. The number of carbonyl (C=O) groups excluding carboxylic acids is 6. The average molecular weight is 1650 g/mol. The summed E-state index contributed by atoms with van der Waals surface area (Å²) in [4.78, 5) is 101. The maximum absolute atomic E-state index is 13.0. The number of fused-ring (bicyclic) bond motifs is 3. The van der Waals surface area contributed by atoms with E-state index in [1.807, 2.05) is 96.4 Å². The Bertz CT molecular complexity index is 4960. The van der Waals surface area contributed by atoms with Gasteiger partial charge in [0.1, 0.15) is 16.8 Å². The highest BCUT2D eigenvalue weighted by atomic mass is 79.9. The molecule has 4 saturated heterocycles. The first-order valence-electron chi connectivity index (χ1n) is 37.7. The van der Waals surface area contributed by atoms with E-state index in [4.69, 9.17) is 63.8 Å². The van der Waals surface area contributed by atoms with Crippen LogP contribution >= 0.6 is 50.7 Å². The Morgan fingerprint density at radius 2 is 0.875 bits per heavy atom. The first kappa shape index (κ1) is 84.0. The summed E-state index contributed by atoms with van der Waals surface area (Å²) >= 11 is 22.5. The minimum Gasteiger partial charge on any atom is -0.479 e. The van der Waals surface area contributed by atoms with Crippen LogP contribution in [0.25, 0.3) is 55.0 Å². The molecule has 6 aromatic carbocycles. The summed E-state index contributed by atoms with van der Waals surface area (Å²) in [5, 5.41) is 31.7. The third kappa shape index (κ3) is 20.3. The van der Waals surface area contributed by atoms with E-state index in [1.54, 1.807) is 59.7 Å². The lowest BCUT2D eigenvalue weighted by molar-refractivity contribution is -0.149. The average Bonchev–Trinajstić information content (AvgIpc) is 1.60. The zero-order chi connectivity index (χ0) is 81.2. The molecule has 0 unspecified atom stereocenters. The maximum atomic E-state index is 13.0. The molecule has 2 aliphatic carbocycles. The first-order chi connectivity index (χ1) is 52.7. The van der Waals surface area contributed by atoms with Crippen molar-refractivity contribution in [2.45, 2.75) is 148 Å². The third-order valence-electron chi connectivity index (χ3n) is 20.7. The van der Waals surface area contributed by atoms with Crippen molar-refractivity contribution in [2.24, 2.45) is 0 Å². The van der Waals surface area contributed by atoms with Gasteiger partial charge >= 0.3 is 25.3 Å². The SMILES string of the molecule is CC(C)(C)OC(=O)N1CCN(C(=O)c2ccc(-c3ccc4[nH]ccc4c3)c(Cl)c2)CC1.CC(C)(C)OC(=O)N1CCN(C(=O)c2ccc(Br)c(Cl)c2)CC1.CC(C)n1ccc2cc(-c3ccc(C(=O)N4CCN(C(=O)C5(O)CC5)CC4)cc3Cl)ccc21.CC1(C)OB(c2ccc3[nH]ccc3c2)OC1(C)C.O=C(O)C1(O)CC1. The third-order valence-corrected chi connectivity index (χ3v) is 22.5. The lowest BCUT2D eigenvalue weighted by Gasteiger charge is -2.35. The molecule has 0 radical (unpaired) electrons. The number of benzene rings is 6. The number of H-pyrrole nitrogens is 2. The summed E-state index contributed by atoms with van der Waals surface area (Å²) in [7, 11) is -0.283. The van der Waals surface area contributed by atoms with Gasteiger partial charge in [0.2, 0.25) is 0 Å². The van der Waals surface area contributed by atoms with E-state index in [9.17, 15) is 38.7 Å². The van der Waals surface area contributed by atoms with Crippen LogP contribution in [0.5, 0.6) is 0 Å². The number of aliphatic carboxylic acids is 1. The van der Waals surface area contributed by atoms with Crippen LogP contribution in [0.15, 0.2) is 150 Å². The van der Waals surface area contributed by atoms with Gasteiger partial charge in [-0.1, -0.05) is 71.2 Å². The number of hydrogen-bond acceptors (Lipinski definition) is 13. The van der Waals surface area contributed by atoms with Crippen LogP contribution < -0.4 is 5.46 Å². The molecular weight excluding hydrogens is 1560 g/mol. The van der Waals surface area contributed by atoms with Gasteiger partial charge in [0.25, 0.3) is 23.6 Å². The number of aliphatic hydroxyl groups is 2. The molecule has 0 bridgehead atoms. The second-order valence-electron chi connectivity index (χ2n) is 32.3. The molecule has 112 heavy (non-hydrogen) atoms. The van der Waals surface area contributed by atoms with Crippen molar-refractivity contribution in [3.05, 3.63) is 182 Å². The molecular formula is C84H98BBrCl3N9O14. The van der Waals surface area contributed by atoms with E-state index in [0.717, 1.165) is 54.0 Å². The Labute approximate surface area is 676 Å². The number of carboxylic acids is 1. The quantitative estimate of drug-likeness (QED) is 0.0841. The van der Waals surface area contributed by atoms with Crippen LogP contribution in [0.4, 0.5) is 9.59 Å². The Kier molecular flexibility index (Phi) is 25.5. The molecule has 7 heterocycles. The molecule has 4 aliphatic heterocycles. The minimum atomic E-state index is -1.33. The van der Waals surface area contributed by atoms with Crippen molar-refractivity contribution in [1.82, 2.24) is 43.9 Å². The zero-order valence-electron chi connectivity index (χ0n) is 65.3. The molecule has 6 aliphatic rings. The van der Waals surface area contributed by atoms with Crippen LogP contribution in [0, 0.1) is 0 Å². The van der Waals surface area contributed by atoms with E-state index in [2.05, 4.69) is 133 Å². The Morgan fingerprint density at radius 1 is 0.482 bits per heavy atom. The van der Waals surface area contributed by atoms with Crippen molar-refractivity contribution < 1.29 is 67.7 Å². The van der Waals surface area contributed by atoms with Crippen LogP contribution in [0.1, 0.15) is 146 Å². The van der Waals surface area contributed by atoms with E-state index < -0.39 is 28.4 Å². The zero-order valence-corrected chi connectivity index (χ0v) is 69.2. The van der Waals surface area contributed by atoms with Crippen LogP contribution in [-0.2, 0) is 28.4 Å². The second-order valence-corrected chi connectivity index (χ2v) is 34.3. The van der Waals surface area contributed by atoms with Crippen molar-refractivity contribution >= 4 is 138 Å². The number of rotatable bonds is 9. The predicted octanol–water partition coefficient (Wildman–Crippen LogP) is 15.4. The summed E-state index contributed by atoms with van der Waals surface area (Å²) in [5.74, 6) is -1.55. The summed E-state index contributed by atoms with van der Waals surface area (Å²) in [6.45, 7) is 29.1. The molecule has 6 fully saturated rings. The molecule has 15 rings (SSSR count). The Balaban J connectivity index is 0.000000146. The van der Waals surface area contributed by atoms with E-state index in [-0.39, 0.29) is 54.1 Å². The van der Waals surface area contributed by atoms with Gasteiger partial charge in [-0.2, -0.15) is 0 Å². The molecule has 3 aromatic heterocycles. The highest BCUT2D eigenvalue weighted by Gasteiger charge is 2.53. The number of carbonyl (C=O) groups is 7. The summed E-state index contributed by atoms with van der Waals surface area (Å²) in [6.07, 6.45) is 7.17. The molecule has 23 nitrogen and oxygen atoms in total. The molecule has 5 N–H and O–H groups in total. The van der Waals surface area contributed by atoms with E-state index in [1.165, 1.54) is 10.9 Å². The fraction of sp³-hybridized carbons (Fsp3) is 0.417. The molecule has 28 heteroatoms. The van der Waals surface area contributed by atoms with Gasteiger partial charge in [0.15, 0.2) is 5.60 Å². The maximum Gasteiger partial charge on any atom is 0.494 e. The van der Waals surface area contributed by atoms with Crippen molar-refractivity contribution in [1.29, 1.82) is 0 Å². The minimum absolute atomic E-state index is 0.0803. The normalized spacial score (nSPS) is 17.4. The molecule has 2 saturated carbocycles. The lowest BCUT2D eigenvalue weighted by Crippen LogP contribution is -2.53. The molecule has 0 spiro atoms. The number of piperazine rings is 3. The van der Waals surface area contributed by atoms with Crippen molar-refractivity contribution in [2.75, 3.05) is 78.5 Å². The van der Waals surface area contributed by atoms with E-state index in [0.29, 0.717) is 142 Å². The fourth-order valence-electron chi connectivity index (χ4n) is 13.1.